The van der Waals surface area contributed by atoms with Crippen LogP contribution in [0.1, 0.15) is 27.3 Å². The number of hydrogen-bond acceptors (Lipinski definition) is 4. The number of aryl methyl sites for hydroxylation is 3. The zero-order chi connectivity index (χ0) is 16.3. The Morgan fingerprint density at radius 3 is 2.41 bits per heavy atom. The summed E-state index contributed by atoms with van der Waals surface area (Å²) in [5.41, 5.74) is 3.87. The van der Waals surface area contributed by atoms with Crippen LogP contribution in [-0.2, 0) is 0 Å². The molecule has 0 aliphatic carbocycles. The van der Waals surface area contributed by atoms with Crippen LogP contribution in [0.15, 0.2) is 24.3 Å². The molecular weight excluding hydrogens is 280 g/mol. The number of amides is 1. The number of nitrogens with zero attached hydrogens (tertiary/aromatic N) is 1. The lowest BCUT2D eigenvalue weighted by Crippen LogP contribution is -2.15. The highest BCUT2D eigenvalue weighted by Crippen LogP contribution is 2.26. The predicted molar refractivity (Wildman–Crippen MR) is 85.9 cm³/mol. The third-order valence-corrected chi connectivity index (χ3v) is 3.42. The van der Waals surface area contributed by atoms with E-state index in [-0.39, 0.29) is 5.91 Å². The number of benzene rings is 1. The Labute approximate surface area is 130 Å². The topological polar surface area (TPSA) is 60.5 Å². The summed E-state index contributed by atoms with van der Waals surface area (Å²) in [6.07, 6.45) is 0. The zero-order valence-electron chi connectivity index (χ0n) is 13.5. The van der Waals surface area contributed by atoms with E-state index < -0.39 is 0 Å². The average molecular weight is 300 g/mol. The molecule has 0 saturated carbocycles. The van der Waals surface area contributed by atoms with Crippen LogP contribution in [0.3, 0.4) is 0 Å². The van der Waals surface area contributed by atoms with Crippen LogP contribution in [0.2, 0.25) is 0 Å². The van der Waals surface area contributed by atoms with Crippen LogP contribution >= 0.6 is 0 Å². The average Bonchev–Trinajstić information content (AvgIpc) is 2.49. The molecule has 0 radical (unpaired) electrons. The van der Waals surface area contributed by atoms with Crippen LogP contribution in [0, 0.1) is 20.8 Å². The maximum absolute atomic E-state index is 12.5. The number of rotatable bonds is 4. The molecule has 0 fully saturated rings. The summed E-state index contributed by atoms with van der Waals surface area (Å²) in [7, 11) is 3.09. The van der Waals surface area contributed by atoms with Crippen molar-refractivity contribution in [1.82, 2.24) is 4.98 Å². The SMILES string of the molecule is COc1ccc(C(=O)Nc2c(C)cc(C)nc2C)c(OC)c1. The van der Waals surface area contributed by atoms with Crippen molar-refractivity contribution < 1.29 is 14.3 Å². The van der Waals surface area contributed by atoms with Crippen LogP contribution in [0.25, 0.3) is 0 Å². The van der Waals surface area contributed by atoms with E-state index in [1.54, 1.807) is 25.3 Å². The molecule has 0 spiro atoms. The molecular formula is C17H20N2O3. The van der Waals surface area contributed by atoms with Crippen molar-refractivity contribution in [2.24, 2.45) is 0 Å². The highest BCUT2D eigenvalue weighted by Gasteiger charge is 2.16. The molecule has 116 valence electrons. The van der Waals surface area contributed by atoms with Gasteiger partial charge >= 0.3 is 0 Å². The second-order valence-corrected chi connectivity index (χ2v) is 5.06. The van der Waals surface area contributed by atoms with Gasteiger partial charge in [0.25, 0.3) is 5.91 Å². The van der Waals surface area contributed by atoms with Crippen LogP contribution in [0.4, 0.5) is 5.69 Å². The molecule has 1 amide bonds. The van der Waals surface area contributed by atoms with E-state index in [0.717, 1.165) is 22.6 Å². The van der Waals surface area contributed by atoms with Crippen molar-refractivity contribution in [2.45, 2.75) is 20.8 Å². The summed E-state index contributed by atoms with van der Waals surface area (Å²) >= 11 is 0. The highest BCUT2D eigenvalue weighted by molar-refractivity contribution is 6.06. The number of nitrogens with one attached hydrogen (secondary N) is 1. The maximum atomic E-state index is 12.5. The standard InChI is InChI=1S/C17H20N2O3/c1-10-8-11(2)18-12(3)16(10)19-17(20)14-7-6-13(21-4)9-15(14)22-5/h6-9H,1-5H3,(H,19,20). The molecule has 0 unspecified atom stereocenters. The van der Waals surface area contributed by atoms with Crippen LogP contribution in [-0.4, -0.2) is 25.1 Å². The predicted octanol–water partition coefficient (Wildman–Crippen LogP) is 3.28. The maximum Gasteiger partial charge on any atom is 0.259 e. The van der Waals surface area contributed by atoms with Gasteiger partial charge in [-0.3, -0.25) is 9.78 Å². The Balaban J connectivity index is 2.34. The number of aromatic nitrogens is 1. The van der Waals surface area contributed by atoms with Gasteiger partial charge in [-0.2, -0.15) is 0 Å². The largest absolute Gasteiger partial charge is 0.497 e. The molecule has 1 aromatic carbocycles. The molecule has 0 bridgehead atoms. The zero-order valence-corrected chi connectivity index (χ0v) is 13.5. The third-order valence-electron chi connectivity index (χ3n) is 3.42. The van der Waals surface area contributed by atoms with Gasteiger partial charge in [-0.05, 0) is 44.5 Å². The van der Waals surface area contributed by atoms with E-state index in [0.29, 0.717) is 17.1 Å². The van der Waals surface area contributed by atoms with Crippen molar-refractivity contribution >= 4 is 11.6 Å². The molecule has 1 heterocycles. The van der Waals surface area contributed by atoms with Gasteiger partial charge in [0.2, 0.25) is 0 Å². The van der Waals surface area contributed by atoms with Gasteiger partial charge in [-0.25, -0.2) is 0 Å². The Morgan fingerprint density at radius 1 is 1.09 bits per heavy atom. The molecule has 0 saturated heterocycles. The number of anilines is 1. The van der Waals surface area contributed by atoms with Gasteiger partial charge in [0.1, 0.15) is 11.5 Å². The first kappa shape index (κ1) is 15.8. The molecule has 1 N–H and O–H groups in total. The number of methoxy groups -OCH3 is 2. The van der Waals surface area contributed by atoms with Gasteiger partial charge in [-0.1, -0.05) is 0 Å². The van der Waals surface area contributed by atoms with E-state index >= 15 is 0 Å². The Bertz CT molecular complexity index is 688. The first-order valence-corrected chi connectivity index (χ1v) is 6.94. The smallest absolute Gasteiger partial charge is 0.259 e. The van der Waals surface area contributed by atoms with Crippen molar-refractivity contribution in [1.29, 1.82) is 0 Å². The van der Waals surface area contributed by atoms with E-state index in [2.05, 4.69) is 10.3 Å². The molecule has 22 heavy (non-hydrogen) atoms. The molecule has 0 atom stereocenters. The van der Waals surface area contributed by atoms with Gasteiger partial charge in [0.15, 0.2) is 0 Å². The van der Waals surface area contributed by atoms with E-state index in [9.17, 15) is 4.79 Å². The minimum absolute atomic E-state index is 0.239. The fraction of sp³-hybridized carbons (Fsp3) is 0.294. The number of carbonyl (C=O) groups excluding carboxylic acids is 1. The summed E-state index contributed by atoms with van der Waals surface area (Å²) in [5.74, 6) is 0.862. The lowest BCUT2D eigenvalue weighted by molar-refractivity contribution is 0.102. The molecule has 0 aliphatic heterocycles. The molecule has 2 aromatic rings. The van der Waals surface area contributed by atoms with E-state index in [1.165, 1.54) is 7.11 Å². The number of hydrogen-bond donors (Lipinski definition) is 1. The lowest BCUT2D eigenvalue weighted by Gasteiger charge is -2.14. The second-order valence-electron chi connectivity index (χ2n) is 5.06. The highest BCUT2D eigenvalue weighted by atomic mass is 16.5. The summed E-state index contributed by atoms with van der Waals surface area (Å²) in [6.45, 7) is 5.75. The summed E-state index contributed by atoms with van der Waals surface area (Å²) in [5, 5.41) is 2.91. The van der Waals surface area contributed by atoms with Gasteiger partial charge in [-0.15, -0.1) is 0 Å². The van der Waals surface area contributed by atoms with Crippen molar-refractivity contribution in [3.8, 4) is 11.5 Å². The Morgan fingerprint density at radius 2 is 1.82 bits per heavy atom. The Kier molecular flexibility index (Phi) is 4.65. The fourth-order valence-corrected chi connectivity index (χ4v) is 2.38. The summed E-state index contributed by atoms with van der Waals surface area (Å²) < 4.78 is 10.4. The summed E-state index contributed by atoms with van der Waals surface area (Å²) in [6, 6.07) is 7.03. The quantitative estimate of drug-likeness (QED) is 0.941. The monoisotopic (exact) mass is 300 g/mol. The normalized spacial score (nSPS) is 10.2. The second kappa shape index (κ2) is 6.47. The van der Waals surface area contributed by atoms with Gasteiger partial charge in [0.05, 0.1) is 31.2 Å². The molecule has 5 nitrogen and oxygen atoms in total. The van der Waals surface area contributed by atoms with Gasteiger partial charge < -0.3 is 14.8 Å². The van der Waals surface area contributed by atoms with Crippen molar-refractivity contribution in [3.05, 3.63) is 46.8 Å². The number of carbonyl (C=O) groups is 1. The van der Waals surface area contributed by atoms with E-state index in [1.807, 2.05) is 26.8 Å². The number of pyridine rings is 1. The molecule has 2 rings (SSSR count). The van der Waals surface area contributed by atoms with Crippen molar-refractivity contribution in [2.75, 3.05) is 19.5 Å². The first-order valence-electron chi connectivity index (χ1n) is 6.94. The first-order chi connectivity index (χ1) is 10.5. The van der Waals surface area contributed by atoms with Crippen molar-refractivity contribution in [3.63, 3.8) is 0 Å². The van der Waals surface area contributed by atoms with Crippen LogP contribution < -0.4 is 14.8 Å². The molecule has 1 aromatic heterocycles. The third kappa shape index (κ3) is 3.19. The minimum Gasteiger partial charge on any atom is -0.497 e. The number of ether oxygens (including phenoxy) is 2. The molecule has 0 aliphatic rings. The molecule has 5 heteroatoms. The Hall–Kier alpha value is -2.56. The van der Waals surface area contributed by atoms with Gasteiger partial charge in [0, 0.05) is 11.8 Å². The summed E-state index contributed by atoms with van der Waals surface area (Å²) in [4.78, 5) is 16.9. The van der Waals surface area contributed by atoms with Crippen LogP contribution in [0.5, 0.6) is 11.5 Å². The fourth-order valence-electron chi connectivity index (χ4n) is 2.38. The lowest BCUT2D eigenvalue weighted by atomic mass is 10.1. The van der Waals surface area contributed by atoms with E-state index in [4.69, 9.17) is 9.47 Å². The minimum atomic E-state index is -0.239.